The Morgan fingerprint density at radius 3 is 2.95 bits per heavy atom. The normalized spacial score (nSPS) is 12.5. The van der Waals surface area contributed by atoms with E-state index >= 15 is 0 Å². The number of amides is 1. The van der Waals surface area contributed by atoms with Crippen LogP contribution in [0.3, 0.4) is 0 Å². The molecule has 3 aromatic rings. The molecule has 0 aliphatic heterocycles. The van der Waals surface area contributed by atoms with Crippen molar-refractivity contribution >= 4 is 44.4 Å². The highest BCUT2D eigenvalue weighted by atomic mass is 32.1. The minimum absolute atomic E-state index is 0.140. The Bertz CT molecular complexity index is 808. The minimum atomic E-state index is -0.172. The number of nitrogen functional groups attached to an aromatic ring is 1. The molecule has 3 aromatic heterocycles. The summed E-state index contributed by atoms with van der Waals surface area (Å²) in [7, 11) is 0. The van der Waals surface area contributed by atoms with Gasteiger partial charge < -0.3 is 11.1 Å². The summed E-state index contributed by atoms with van der Waals surface area (Å²) in [6, 6.07) is 1.69. The molecule has 0 aliphatic carbocycles. The van der Waals surface area contributed by atoms with Gasteiger partial charge in [-0.3, -0.25) is 9.78 Å². The van der Waals surface area contributed by atoms with Gasteiger partial charge in [-0.2, -0.15) is 0 Å². The monoisotopic (exact) mass is 318 g/mol. The van der Waals surface area contributed by atoms with E-state index in [2.05, 4.69) is 15.3 Å². The van der Waals surface area contributed by atoms with Gasteiger partial charge in [0.1, 0.15) is 9.88 Å². The van der Waals surface area contributed by atoms with Crippen LogP contribution in [0.25, 0.3) is 10.1 Å². The first-order valence-electron chi connectivity index (χ1n) is 6.41. The lowest BCUT2D eigenvalue weighted by Crippen LogP contribution is -2.26. The Balaban J connectivity index is 1.85. The van der Waals surface area contributed by atoms with E-state index in [1.807, 2.05) is 25.3 Å². The maximum Gasteiger partial charge on any atom is 0.264 e. The number of hydrogen-bond acceptors (Lipinski definition) is 6. The number of fused-ring (bicyclic) bond motifs is 1. The molecule has 21 heavy (non-hydrogen) atoms. The second kappa shape index (κ2) is 5.42. The predicted molar refractivity (Wildman–Crippen MR) is 86.8 cm³/mol. The highest BCUT2D eigenvalue weighted by Crippen LogP contribution is 2.33. The fourth-order valence-electron chi connectivity index (χ4n) is 2.03. The molecule has 0 aromatic carbocycles. The molecular formula is C14H14N4OS2. The number of aromatic nitrogens is 2. The summed E-state index contributed by atoms with van der Waals surface area (Å²) in [5, 5.41) is 6.68. The SMILES string of the molecule is Cc1csc(C(C)NC(=O)c2sc3cnccc3c2N)n1. The third kappa shape index (κ3) is 2.62. The van der Waals surface area contributed by atoms with Crippen LogP contribution < -0.4 is 11.1 Å². The number of nitrogens with two attached hydrogens (primary N) is 1. The second-order valence-electron chi connectivity index (χ2n) is 4.74. The van der Waals surface area contributed by atoms with Crippen molar-refractivity contribution in [2.45, 2.75) is 19.9 Å². The summed E-state index contributed by atoms with van der Waals surface area (Å²) < 4.78 is 0.915. The molecule has 1 atom stereocenters. The Hall–Kier alpha value is -1.99. The number of thiazole rings is 1. The lowest BCUT2D eigenvalue weighted by Gasteiger charge is -2.10. The minimum Gasteiger partial charge on any atom is -0.397 e. The zero-order valence-corrected chi connectivity index (χ0v) is 13.2. The van der Waals surface area contributed by atoms with Crippen molar-refractivity contribution in [2.24, 2.45) is 0 Å². The van der Waals surface area contributed by atoms with E-state index in [1.54, 1.807) is 23.7 Å². The van der Waals surface area contributed by atoms with Gasteiger partial charge in [-0.1, -0.05) is 0 Å². The Kier molecular flexibility index (Phi) is 3.60. The van der Waals surface area contributed by atoms with Gasteiger partial charge in [0.2, 0.25) is 0 Å². The van der Waals surface area contributed by atoms with Gasteiger partial charge in [0, 0.05) is 28.9 Å². The molecule has 1 amide bonds. The van der Waals surface area contributed by atoms with Crippen LogP contribution in [0.2, 0.25) is 0 Å². The third-order valence-electron chi connectivity index (χ3n) is 3.09. The van der Waals surface area contributed by atoms with E-state index in [-0.39, 0.29) is 11.9 Å². The topological polar surface area (TPSA) is 80.9 Å². The summed E-state index contributed by atoms with van der Waals surface area (Å²) in [5.74, 6) is -0.172. The number of rotatable bonds is 3. The van der Waals surface area contributed by atoms with Crippen LogP contribution in [-0.2, 0) is 0 Å². The number of anilines is 1. The Morgan fingerprint density at radius 1 is 1.48 bits per heavy atom. The lowest BCUT2D eigenvalue weighted by atomic mass is 10.2. The van der Waals surface area contributed by atoms with E-state index in [0.29, 0.717) is 10.6 Å². The zero-order valence-electron chi connectivity index (χ0n) is 11.6. The molecule has 0 fully saturated rings. The lowest BCUT2D eigenvalue weighted by molar-refractivity contribution is 0.0945. The highest BCUT2D eigenvalue weighted by Gasteiger charge is 2.19. The summed E-state index contributed by atoms with van der Waals surface area (Å²) in [6.45, 7) is 3.85. The molecule has 3 heterocycles. The predicted octanol–water partition coefficient (Wildman–Crippen LogP) is 3.13. The first-order chi connectivity index (χ1) is 10.1. The molecule has 3 N–H and O–H groups in total. The van der Waals surface area contributed by atoms with Crippen molar-refractivity contribution in [1.29, 1.82) is 0 Å². The molecule has 5 nitrogen and oxygen atoms in total. The van der Waals surface area contributed by atoms with Gasteiger partial charge >= 0.3 is 0 Å². The average Bonchev–Trinajstić information content (AvgIpc) is 3.04. The average molecular weight is 318 g/mol. The quantitative estimate of drug-likeness (QED) is 0.777. The number of carbonyl (C=O) groups is 1. The van der Waals surface area contributed by atoms with Gasteiger partial charge in [0.05, 0.1) is 16.4 Å². The molecule has 0 aliphatic rings. The van der Waals surface area contributed by atoms with Crippen molar-refractivity contribution in [3.8, 4) is 0 Å². The van der Waals surface area contributed by atoms with E-state index in [4.69, 9.17) is 5.73 Å². The van der Waals surface area contributed by atoms with E-state index in [0.717, 1.165) is 20.8 Å². The standard InChI is InChI=1S/C14H14N4OS2/c1-7-6-20-14(17-7)8(2)18-13(19)12-11(15)9-3-4-16-5-10(9)21-12/h3-6,8H,15H2,1-2H3,(H,18,19). The fourth-order valence-corrected chi connectivity index (χ4v) is 3.83. The summed E-state index contributed by atoms with van der Waals surface area (Å²) in [4.78, 5) is 21.4. The van der Waals surface area contributed by atoms with Crippen molar-refractivity contribution in [1.82, 2.24) is 15.3 Å². The molecule has 3 rings (SSSR count). The molecule has 0 radical (unpaired) electrons. The van der Waals surface area contributed by atoms with Crippen LogP contribution in [0.1, 0.15) is 33.3 Å². The summed E-state index contributed by atoms with van der Waals surface area (Å²) in [5.41, 5.74) is 7.54. The summed E-state index contributed by atoms with van der Waals surface area (Å²) >= 11 is 2.90. The van der Waals surface area contributed by atoms with Gasteiger partial charge in [0.15, 0.2) is 0 Å². The maximum absolute atomic E-state index is 12.4. The van der Waals surface area contributed by atoms with Crippen LogP contribution in [-0.4, -0.2) is 15.9 Å². The smallest absolute Gasteiger partial charge is 0.264 e. The van der Waals surface area contributed by atoms with Crippen LogP contribution in [0.15, 0.2) is 23.8 Å². The number of pyridine rings is 1. The highest BCUT2D eigenvalue weighted by molar-refractivity contribution is 7.21. The summed E-state index contributed by atoms with van der Waals surface area (Å²) in [6.07, 6.45) is 3.40. The second-order valence-corrected chi connectivity index (χ2v) is 6.68. The fraction of sp³-hybridized carbons (Fsp3) is 0.214. The van der Waals surface area contributed by atoms with Crippen molar-refractivity contribution in [2.75, 3.05) is 5.73 Å². The van der Waals surface area contributed by atoms with Gasteiger partial charge in [0.25, 0.3) is 5.91 Å². The van der Waals surface area contributed by atoms with E-state index in [9.17, 15) is 4.79 Å². The molecule has 1 unspecified atom stereocenters. The first-order valence-corrected chi connectivity index (χ1v) is 8.10. The van der Waals surface area contributed by atoms with Gasteiger partial charge in [-0.15, -0.1) is 22.7 Å². The molecule has 0 bridgehead atoms. The van der Waals surface area contributed by atoms with Crippen molar-refractivity contribution in [3.05, 3.63) is 39.4 Å². The molecule has 0 saturated carbocycles. The zero-order chi connectivity index (χ0) is 15.0. The first kappa shape index (κ1) is 14.0. The largest absolute Gasteiger partial charge is 0.397 e. The van der Waals surface area contributed by atoms with Crippen LogP contribution in [0.4, 0.5) is 5.69 Å². The van der Waals surface area contributed by atoms with Crippen LogP contribution in [0, 0.1) is 6.92 Å². The van der Waals surface area contributed by atoms with Gasteiger partial charge in [-0.05, 0) is 19.9 Å². The number of thiophene rings is 1. The number of carbonyl (C=O) groups excluding carboxylic acids is 1. The number of nitrogens with one attached hydrogen (secondary N) is 1. The number of aryl methyl sites for hydroxylation is 1. The molecular weight excluding hydrogens is 304 g/mol. The number of nitrogens with zero attached hydrogens (tertiary/aromatic N) is 2. The Morgan fingerprint density at radius 2 is 2.29 bits per heavy atom. The third-order valence-corrected chi connectivity index (χ3v) is 5.39. The van der Waals surface area contributed by atoms with Crippen LogP contribution >= 0.6 is 22.7 Å². The molecule has 108 valence electrons. The molecule has 0 saturated heterocycles. The molecule has 0 spiro atoms. The Labute approximate surface area is 129 Å². The van der Waals surface area contributed by atoms with Crippen molar-refractivity contribution < 1.29 is 4.79 Å². The van der Waals surface area contributed by atoms with Gasteiger partial charge in [-0.25, -0.2) is 4.98 Å². The van der Waals surface area contributed by atoms with Crippen LogP contribution in [0.5, 0.6) is 0 Å². The van der Waals surface area contributed by atoms with Crippen molar-refractivity contribution in [3.63, 3.8) is 0 Å². The number of hydrogen-bond donors (Lipinski definition) is 2. The van der Waals surface area contributed by atoms with E-state index < -0.39 is 0 Å². The molecule has 7 heteroatoms. The maximum atomic E-state index is 12.4. The van der Waals surface area contributed by atoms with E-state index in [1.165, 1.54) is 11.3 Å².